The highest BCUT2D eigenvalue weighted by atomic mass is 32.1. The number of anilines is 2. The number of para-hydroxylation sites is 1. The van der Waals surface area contributed by atoms with Crippen molar-refractivity contribution in [1.82, 2.24) is 4.98 Å². The first-order valence-electron chi connectivity index (χ1n) is 8.68. The van der Waals surface area contributed by atoms with Crippen molar-refractivity contribution in [2.24, 2.45) is 0 Å². The summed E-state index contributed by atoms with van der Waals surface area (Å²) in [6.45, 7) is 6.28. The topological polar surface area (TPSA) is 45.2 Å². The molecule has 5 heteroatoms. The summed E-state index contributed by atoms with van der Waals surface area (Å²) in [6.07, 6.45) is 0. The van der Waals surface area contributed by atoms with Crippen molar-refractivity contribution in [2.45, 2.75) is 26.8 Å². The van der Waals surface area contributed by atoms with Crippen LogP contribution in [-0.2, 0) is 4.79 Å². The van der Waals surface area contributed by atoms with Gasteiger partial charge in [-0.05, 0) is 45.0 Å². The van der Waals surface area contributed by atoms with Gasteiger partial charge in [-0.1, -0.05) is 30.3 Å². The van der Waals surface area contributed by atoms with Gasteiger partial charge in [0.2, 0.25) is 5.91 Å². The van der Waals surface area contributed by atoms with Gasteiger partial charge >= 0.3 is 0 Å². The number of carbonyl (C=O) groups excluding carboxylic acids is 1. The van der Waals surface area contributed by atoms with Crippen LogP contribution >= 0.6 is 11.3 Å². The quantitative estimate of drug-likeness (QED) is 0.671. The average Bonchev–Trinajstić information content (AvgIpc) is 3.07. The van der Waals surface area contributed by atoms with E-state index < -0.39 is 0 Å². The second kappa shape index (κ2) is 8.15. The third-order valence-electron chi connectivity index (χ3n) is 3.99. The van der Waals surface area contributed by atoms with Gasteiger partial charge in [-0.15, -0.1) is 11.3 Å². The lowest BCUT2D eigenvalue weighted by Gasteiger charge is -2.27. The summed E-state index contributed by atoms with van der Waals surface area (Å²) < 4.78 is 0. The Hall–Kier alpha value is -2.66. The van der Waals surface area contributed by atoms with Crippen LogP contribution in [0.5, 0.6) is 0 Å². The average molecular weight is 366 g/mol. The van der Waals surface area contributed by atoms with Crippen LogP contribution < -0.4 is 10.2 Å². The zero-order chi connectivity index (χ0) is 18.5. The molecule has 0 aliphatic rings. The molecule has 1 aromatic heterocycles. The highest BCUT2D eigenvalue weighted by molar-refractivity contribution is 7.13. The van der Waals surface area contributed by atoms with E-state index in [4.69, 9.17) is 0 Å². The molecule has 1 amide bonds. The number of aromatic nitrogens is 1. The molecule has 134 valence electrons. The van der Waals surface area contributed by atoms with Crippen molar-refractivity contribution >= 4 is 28.6 Å². The fourth-order valence-electron chi connectivity index (χ4n) is 2.83. The maximum atomic E-state index is 12.8. The number of thiazole rings is 1. The van der Waals surface area contributed by atoms with E-state index in [1.165, 1.54) is 0 Å². The predicted molar refractivity (Wildman–Crippen MR) is 110 cm³/mol. The standard InChI is InChI=1S/C21H23N3OS/c1-15(2)24(19-10-5-4-6-11-19)20(25)13-22-18-9-7-8-17(12-18)21-23-16(3)14-26-21/h4-12,14-15,22H,13H2,1-3H3. The predicted octanol–water partition coefficient (Wildman–Crippen LogP) is 4.97. The van der Waals surface area contributed by atoms with Crippen LogP contribution in [0, 0.1) is 6.92 Å². The molecule has 0 bridgehead atoms. The zero-order valence-electron chi connectivity index (χ0n) is 15.3. The van der Waals surface area contributed by atoms with Crippen molar-refractivity contribution in [2.75, 3.05) is 16.8 Å². The van der Waals surface area contributed by atoms with Gasteiger partial charge in [0.15, 0.2) is 0 Å². The number of hydrogen-bond acceptors (Lipinski definition) is 4. The van der Waals surface area contributed by atoms with E-state index >= 15 is 0 Å². The molecule has 0 atom stereocenters. The second-order valence-corrected chi connectivity index (χ2v) is 7.28. The number of nitrogens with one attached hydrogen (secondary N) is 1. The third-order valence-corrected chi connectivity index (χ3v) is 5.00. The Morgan fingerprint density at radius 3 is 2.58 bits per heavy atom. The number of nitrogens with zero attached hydrogens (tertiary/aromatic N) is 2. The van der Waals surface area contributed by atoms with Crippen LogP contribution in [0.3, 0.4) is 0 Å². The van der Waals surface area contributed by atoms with E-state index in [1.54, 1.807) is 11.3 Å². The first-order valence-corrected chi connectivity index (χ1v) is 9.56. The number of hydrogen-bond donors (Lipinski definition) is 1. The van der Waals surface area contributed by atoms with Crippen LogP contribution in [0.1, 0.15) is 19.5 Å². The summed E-state index contributed by atoms with van der Waals surface area (Å²) in [4.78, 5) is 19.1. The molecule has 0 fully saturated rings. The fourth-order valence-corrected chi connectivity index (χ4v) is 3.62. The first kappa shape index (κ1) is 18.1. The monoisotopic (exact) mass is 365 g/mol. The number of rotatable bonds is 6. The van der Waals surface area contributed by atoms with Gasteiger partial charge in [0, 0.05) is 34.1 Å². The van der Waals surface area contributed by atoms with Gasteiger partial charge in [0.25, 0.3) is 0 Å². The van der Waals surface area contributed by atoms with Crippen LogP contribution in [0.25, 0.3) is 10.6 Å². The Balaban J connectivity index is 1.71. The van der Waals surface area contributed by atoms with Gasteiger partial charge in [0.05, 0.1) is 6.54 Å². The van der Waals surface area contributed by atoms with E-state index in [0.29, 0.717) is 0 Å². The molecular weight excluding hydrogens is 342 g/mol. The normalized spacial score (nSPS) is 10.8. The van der Waals surface area contributed by atoms with E-state index in [2.05, 4.69) is 10.3 Å². The molecule has 4 nitrogen and oxygen atoms in total. The number of amides is 1. The van der Waals surface area contributed by atoms with Gasteiger partial charge in [-0.2, -0.15) is 0 Å². The van der Waals surface area contributed by atoms with Crippen molar-refractivity contribution in [1.29, 1.82) is 0 Å². The first-order chi connectivity index (χ1) is 12.5. The van der Waals surface area contributed by atoms with Crippen molar-refractivity contribution < 1.29 is 4.79 Å². The molecule has 0 aliphatic carbocycles. The maximum absolute atomic E-state index is 12.8. The fraction of sp³-hybridized carbons (Fsp3) is 0.238. The second-order valence-electron chi connectivity index (χ2n) is 6.42. The highest BCUT2D eigenvalue weighted by Gasteiger charge is 2.18. The van der Waals surface area contributed by atoms with Crippen molar-refractivity contribution in [3.63, 3.8) is 0 Å². The molecular formula is C21H23N3OS. The maximum Gasteiger partial charge on any atom is 0.246 e. The minimum absolute atomic E-state index is 0.0432. The molecule has 0 saturated carbocycles. The van der Waals surface area contributed by atoms with E-state index in [1.807, 2.05) is 85.6 Å². The Kier molecular flexibility index (Phi) is 5.68. The van der Waals surface area contributed by atoms with Crippen LogP contribution in [0.4, 0.5) is 11.4 Å². The van der Waals surface area contributed by atoms with Gasteiger partial charge in [0.1, 0.15) is 5.01 Å². The SMILES string of the molecule is Cc1csc(-c2cccc(NCC(=O)N(c3ccccc3)C(C)C)c2)n1. The largest absolute Gasteiger partial charge is 0.376 e. The molecule has 0 aliphatic heterocycles. The lowest BCUT2D eigenvalue weighted by molar-refractivity contribution is -0.117. The summed E-state index contributed by atoms with van der Waals surface area (Å²) in [7, 11) is 0. The van der Waals surface area contributed by atoms with Crippen molar-refractivity contribution in [3.8, 4) is 10.6 Å². The summed E-state index contributed by atoms with van der Waals surface area (Å²) in [5, 5.41) is 6.28. The smallest absolute Gasteiger partial charge is 0.246 e. The lowest BCUT2D eigenvalue weighted by Crippen LogP contribution is -2.40. The molecule has 2 aromatic carbocycles. The van der Waals surface area contributed by atoms with Crippen LogP contribution in [-0.4, -0.2) is 23.5 Å². The minimum Gasteiger partial charge on any atom is -0.376 e. The molecule has 3 aromatic rings. The number of aryl methyl sites for hydroxylation is 1. The van der Waals surface area contributed by atoms with E-state index in [9.17, 15) is 4.79 Å². The molecule has 0 radical (unpaired) electrons. The molecule has 0 spiro atoms. The Bertz CT molecular complexity index is 874. The molecule has 1 N–H and O–H groups in total. The Labute approximate surface area is 158 Å². The molecule has 1 heterocycles. The summed E-state index contributed by atoms with van der Waals surface area (Å²) >= 11 is 1.63. The molecule has 26 heavy (non-hydrogen) atoms. The Morgan fingerprint density at radius 1 is 1.15 bits per heavy atom. The highest BCUT2D eigenvalue weighted by Crippen LogP contribution is 2.26. The van der Waals surface area contributed by atoms with Gasteiger partial charge < -0.3 is 10.2 Å². The molecule has 3 rings (SSSR count). The summed E-state index contributed by atoms with van der Waals surface area (Å²) in [5.74, 6) is 0.0432. The minimum atomic E-state index is 0.0432. The molecule has 0 unspecified atom stereocenters. The van der Waals surface area contributed by atoms with Gasteiger partial charge in [-0.3, -0.25) is 4.79 Å². The molecule has 0 saturated heterocycles. The zero-order valence-corrected chi connectivity index (χ0v) is 16.1. The number of carbonyl (C=O) groups is 1. The number of benzene rings is 2. The lowest BCUT2D eigenvalue weighted by atomic mass is 10.2. The van der Waals surface area contributed by atoms with Crippen LogP contribution in [0.15, 0.2) is 60.0 Å². The van der Waals surface area contributed by atoms with Crippen molar-refractivity contribution in [3.05, 3.63) is 65.7 Å². The summed E-state index contributed by atoms with van der Waals surface area (Å²) in [6, 6.07) is 17.9. The van der Waals surface area contributed by atoms with Crippen LogP contribution in [0.2, 0.25) is 0 Å². The van der Waals surface area contributed by atoms with Gasteiger partial charge in [-0.25, -0.2) is 4.98 Å². The van der Waals surface area contributed by atoms with E-state index in [-0.39, 0.29) is 18.5 Å². The Morgan fingerprint density at radius 2 is 1.92 bits per heavy atom. The third kappa shape index (κ3) is 4.29. The summed E-state index contributed by atoms with van der Waals surface area (Å²) in [5.41, 5.74) is 3.92. The van der Waals surface area contributed by atoms with E-state index in [0.717, 1.165) is 27.6 Å².